The van der Waals surface area contributed by atoms with Crippen LogP contribution in [0.4, 0.5) is 0 Å². The quantitative estimate of drug-likeness (QED) is 0.622. The second-order valence-corrected chi connectivity index (χ2v) is 8.07. The van der Waals surface area contributed by atoms with E-state index in [0.29, 0.717) is 0 Å². The van der Waals surface area contributed by atoms with Gasteiger partial charge < -0.3 is 25.2 Å². The van der Waals surface area contributed by atoms with Gasteiger partial charge in [-0.25, -0.2) is 0 Å². The summed E-state index contributed by atoms with van der Waals surface area (Å²) in [7, 11) is 0. The van der Waals surface area contributed by atoms with Crippen molar-refractivity contribution in [2.75, 3.05) is 6.61 Å². The molecule has 0 aromatic heterocycles. The first-order chi connectivity index (χ1) is 12.0. The average Bonchev–Trinajstić information content (AvgIpc) is 3.09. The molecule has 4 unspecified atom stereocenters. The lowest BCUT2D eigenvalue weighted by molar-refractivity contribution is -0.228. The van der Waals surface area contributed by atoms with Crippen molar-refractivity contribution in [2.24, 2.45) is 0 Å². The molecular weight excluding hydrogens is 340 g/mol. The molecule has 5 nitrogen and oxygen atoms in total. The Hall–Kier alpha value is -0.890. The van der Waals surface area contributed by atoms with Crippen LogP contribution in [0.2, 0.25) is 0 Å². The van der Waals surface area contributed by atoms with E-state index in [0.717, 1.165) is 19.3 Å². The molecule has 6 atom stereocenters. The van der Waals surface area contributed by atoms with Gasteiger partial charge in [-0.3, -0.25) is 0 Å². The Morgan fingerprint density at radius 1 is 1.04 bits per heavy atom. The summed E-state index contributed by atoms with van der Waals surface area (Å²) in [5.41, 5.74) is 2.56. The van der Waals surface area contributed by atoms with Gasteiger partial charge in [-0.05, 0) is 28.9 Å². The van der Waals surface area contributed by atoms with Crippen LogP contribution in [0.25, 0.3) is 0 Å². The number of allylic oxidation sites excluding steroid dienone is 2. The Kier molecular flexibility index (Phi) is 6.20. The number of thioether (sulfide) groups is 1. The second kappa shape index (κ2) is 8.20. The van der Waals surface area contributed by atoms with Gasteiger partial charge in [0, 0.05) is 11.7 Å². The van der Waals surface area contributed by atoms with E-state index in [2.05, 4.69) is 37.3 Å². The van der Waals surface area contributed by atoms with E-state index >= 15 is 0 Å². The van der Waals surface area contributed by atoms with Gasteiger partial charge in [0.05, 0.1) is 12.7 Å². The molecule has 2 heterocycles. The van der Waals surface area contributed by atoms with Crippen molar-refractivity contribution in [3.8, 4) is 0 Å². The standard InChI is InChI=1S/C19H26O5S/c1-2-11-3-5-12(6-4-11)9-13-7-8-15(25-13)19-18(23)17(22)16(21)14(10-20)24-19/h3-7,14-23H,2,8-10H2,1H3/t14?,15?,16-,17?,18-,19?/m1/s1. The summed E-state index contributed by atoms with van der Waals surface area (Å²) in [5, 5.41) is 39.4. The predicted octanol–water partition coefficient (Wildman–Crippen LogP) is 1.02. The van der Waals surface area contributed by atoms with E-state index in [4.69, 9.17) is 4.74 Å². The number of aryl methyl sites for hydroxylation is 1. The normalized spacial score (nSPS) is 35.6. The molecule has 1 fully saturated rings. The minimum atomic E-state index is -1.30. The Bertz CT molecular complexity index is 600. The zero-order valence-corrected chi connectivity index (χ0v) is 15.1. The Balaban J connectivity index is 1.61. The summed E-state index contributed by atoms with van der Waals surface area (Å²) in [6.45, 7) is 1.75. The highest BCUT2D eigenvalue weighted by Gasteiger charge is 2.47. The molecule has 1 aromatic carbocycles. The summed E-state index contributed by atoms with van der Waals surface area (Å²) < 4.78 is 5.68. The number of ether oxygens (including phenoxy) is 1. The van der Waals surface area contributed by atoms with Crippen molar-refractivity contribution < 1.29 is 25.2 Å². The minimum absolute atomic E-state index is 0.0314. The maximum atomic E-state index is 10.3. The minimum Gasteiger partial charge on any atom is -0.394 e. The number of aliphatic hydroxyl groups excluding tert-OH is 4. The predicted molar refractivity (Wildman–Crippen MR) is 97.4 cm³/mol. The van der Waals surface area contributed by atoms with E-state index in [1.165, 1.54) is 16.0 Å². The molecule has 0 amide bonds. The molecule has 0 saturated carbocycles. The Morgan fingerprint density at radius 3 is 2.36 bits per heavy atom. The van der Waals surface area contributed by atoms with Crippen LogP contribution in [0.15, 0.2) is 35.2 Å². The largest absolute Gasteiger partial charge is 0.394 e. The number of aliphatic hydroxyl groups is 4. The van der Waals surface area contributed by atoms with E-state index in [1.807, 2.05) is 0 Å². The van der Waals surface area contributed by atoms with E-state index < -0.39 is 30.5 Å². The van der Waals surface area contributed by atoms with Crippen molar-refractivity contribution in [3.05, 3.63) is 46.4 Å². The van der Waals surface area contributed by atoms with Gasteiger partial charge in [-0.1, -0.05) is 37.3 Å². The number of hydrogen-bond donors (Lipinski definition) is 4. The topological polar surface area (TPSA) is 90.2 Å². The summed E-state index contributed by atoms with van der Waals surface area (Å²) in [5.74, 6) is 0. The van der Waals surface area contributed by atoms with E-state index in [9.17, 15) is 20.4 Å². The lowest BCUT2D eigenvalue weighted by Gasteiger charge is -2.42. The van der Waals surface area contributed by atoms with Crippen LogP contribution >= 0.6 is 11.8 Å². The summed E-state index contributed by atoms with van der Waals surface area (Å²) in [6, 6.07) is 8.57. The maximum absolute atomic E-state index is 10.3. The molecule has 138 valence electrons. The SMILES string of the molecule is CCc1ccc(CC2=CCC(C3OC(CO)[C@@H](O)C(O)[C@H]3O)S2)cc1. The molecule has 2 aliphatic heterocycles. The van der Waals surface area contributed by atoms with Crippen LogP contribution in [0.1, 0.15) is 24.5 Å². The Morgan fingerprint density at radius 2 is 1.72 bits per heavy atom. The monoisotopic (exact) mass is 366 g/mol. The molecule has 4 N–H and O–H groups in total. The van der Waals surface area contributed by atoms with Gasteiger partial charge in [0.1, 0.15) is 24.4 Å². The van der Waals surface area contributed by atoms with Gasteiger partial charge in [0.25, 0.3) is 0 Å². The highest BCUT2D eigenvalue weighted by molar-refractivity contribution is 8.04. The molecule has 1 aromatic rings. The number of benzene rings is 1. The summed E-state index contributed by atoms with van der Waals surface area (Å²) in [6.07, 6.45) is -0.479. The van der Waals surface area contributed by atoms with Gasteiger partial charge in [-0.15, -0.1) is 11.8 Å². The van der Waals surface area contributed by atoms with Crippen molar-refractivity contribution in [3.63, 3.8) is 0 Å². The van der Waals surface area contributed by atoms with Crippen molar-refractivity contribution in [2.45, 2.75) is 62.0 Å². The first kappa shape index (κ1) is 18.9. The van der Waals surface area contributed by atoms with Gasteiger partial charge in [0.2, 0.25) is 0 Å². The molecule has 1 saturated heterocycles. The molecule has 0 radical (unpaired) electrons. The fourth-order valence-corrected chi connectivity index (χ4v) is 4.77. The van der Waals surface area contributed by atoms with Crippen LogP contribution in [0.5, 0.6) is 0 Å². The highest BCUT2D eigenvalue weighted by Crippen LogP contribution is 2.40. The third kappa shape index (κ3) is 4.10. The third-order valence-electron chi connectivity index (χ3n) is 4.99. The zero-order valence-electron chi connectivity index (χ0n) is 14.3. The van der Waals surface area contributed by atoms with Crippen molar-refractivity contribution >= 4 is 11.8 Å². The van der Waals surface area contributed by atoms with Gasteiger partial charge in [0.15, 0.2) is 0 Å². The molecule has 3 rings (SSSR count). The number of rotatable bonds is 5. The molecular formula is C19H26O5S. The fourth-order valence-electron chi connectivity index (χ4n) is 3.38. The Labute approximate surface area is 152 Å². The number of hydrogen-bond acceptors (Lipinski definition) is 6. The van der Waals surface area contributed by atoms with Crippen LogP contribution in [-0.4, -0.2) is 62.8 Å². The lowest BCUT2D eigenvalue weighted by atomic mass is 9.92. The molecule has 2 aliphatic rings. The lowest BCUT2D eigenvalue weighted by Crippen LogP contribution is -2.60. The average molecular weight is 366 g/mol. The maximum Gasteiger partial charge on any atom is 0.111 e. The molecule has 0 bridgehead atoms. The van der Waals surface area contributed by atoms with Gasteiger partial charge in [-0.2, -0.15) is 0 Å². The van der Waals surface area contributed by atoms with E-state index in [1.54, 1.807) is 11.8 Å². The summed E-state index contributed by atoms with van der Waals surface area (Å²) >= 11 is 1.64. The smallest absolute Gasteiger partial charge is 0.111 e. The van der Waals surface area contributed by atoms with Gasteiger partial charge >= 0.3 is 0 Å². The van der Waals surface area contributed by atoms with Crippen molar-refractivity contribution in [1.29, 1.82) is 0 Å². The zero-order chi connectivity index (χ0) is 18.0. The molecule has 6 heteroatoms. The van der Waals surface area contributed by atoms with Crippen LogP contribution in [0.3, 0.4) is 0 Å². The second-order valence-electron chi connectivity index (χ2n) is 6.70. The first-order valence-corrected chi connectivity index (χ1v) is 9.65. The third-order valence-corrected chi connectivity index (χ3v) is 6.36. The summed E-state index contributed by atoms with van der Waals surface area (Å²) in [4.78, 5) is 1.21. The molecule has 0 aliphatic carbocycles. The van der Waals surface area contributed by atoms with Crippen LogP contribution in [0, 0.1) is 0 Å². The van der Waals surface area contributed by atoms with Crippen LogP contribution < -0.4 is 0 Å². The molecule has 25 heavy (non-hydrogen) atoms. The fraction of sp³-hybridized carbons (Fsp3) is 0.579. The van der Waals surface area contributed by atoms with E-state index in [-0.39, 0.29) is 11.9 Å². The van der Waals surface area contributed by atoms with Crippen LogP contribution in [-0.2, 0) is 17.6 Å². The highest BCUT2D eigenvalue weighted by atomic mass is 32.2. The first-order valence-electron chi connectivity index (χ1n) is 8.77. The molecule has 0 spiro atoms. The van der Waals surface area contributed by atoms with Crippen molar-refractivity contribution in [1.82, 2.24) is 0 Å².